The predicted octanol–water partition coefficient (Wildman–Crippen LogP) is 2.67. The first-order valence-corrected chi connectivity index (χ1v) is 5.93. The number of hydrogen-bond donors (Lipinski definition) is 1. The molecule has 0 bridgehead atoms. The van der Waals surface area contributed by atoms with Gasteiger partial charge in [0, 0.05) is 41.1 Å². The van der Waals surface area contributed by atoms with Gasteiger partial charge in [-0.1, -0.05) is 15.9 Å². The summed E-state index contributed by atoms with van der Waals surface area (Å²) in [6.45, 7) is 1.09. The van der Waals surface area contributed by atoms with Gasteiger partial charge in [-0.25, -0.2) is 14.4 Å². The Kier molecular flexibility index (Phi) is 4.17. The van der Waals surface area contributed by atoms with E-state index in [0.29, 0.717) is 18.7 Å². The molecule has 0 spiro atoms. The van der Waals surface area contributed by atoms with Gasteiger partial charge in [0.1, 0.15) is 12.1 Å². The number of hydrogen-bond acceptors (Lipinski definition) is 3. The minimum absolute atomic E-state index is 0.204. The second-order valence-corrected chi connectivity index (χ2v) is 4.50. The molecule has 0 unspecified atom stereocenters. The normalized spacial score (nSPS) is 10.5. The van der Waals surface area contributed by atoms with Gasteiger partial charge in [-0.05, 0) is 18.2 Å². The van der Waals surface area contributed by atoms with E-state index >= 15 is 0 Å². The first-order chi connectivity index (χ1) is 8.25. The van der Waals surface area contributed by atoms with Crippen LogP contribution in [0.15, 0.2) is 41.4 Å². The third-order valence-electron chi connectivity index (χ3n) is 2.27. The molecule has 0 radical (unpaired) electrons. The number of aromatic nitrogens is 2. The van der Waals surface area contributed by atoms with E-state index < -0.39 is 0 Å². The van der Waals surface area contributed by atoms with Gasteiger partial charge in [0.25, 0.3) is 0 Å². The van der Waals surface area contributed by atoms with Crippen molar-refractivity contribution >= 4 is 15.9 Å². The number of halogens is 2. The summed E-state index contributed by atoms with van der Waals surface area (Å²) in [5, 5.41) is 3.15. The lowest BCUT2D eigenvalue weighted by Crippen LogP contribution is -2.14. The molecule has 1 aromatic heterocycles. The zero-order valence-corrected chi connectivity index (χ0v) is 10.6. The van der Waals surface area contributed by atoms with E-state index in [0.717, 1.165) is 10.0 Å². The maximum atomic E-state index is 13.4. The second kappa shape index (κ2) is 5.84. The molecule has 0 saturated carbocycles. The zero-order valence-electron chi connectivity index (χ0n) is 9.03. The van der Waals surface area contributed by atoms with Crippen LogP contribution < -0.4 is 5.32 Å². The number of benzene rings is 1. The van der Waals surface area contributed by atoms with Gasteiger partial charge in [-0.3, -0.25) is 0 Å². The first kappa shape index (κ1) is 12.1. The van der Waals surface area contributed by atoms with Crippen molar-refractivity contribution in [1.29, 1.82) is 0 Å². The lowest BCUT2D eigenvalue weighted by Gasteiger charge is -2.06. The molecule has 0 saturated heterocycles. The number of rotatable bonds is 4. The van der Waals surface area contributed by atoms with Crippen LogP contribution in [0, 0.1) is 5.82 Å². The fraction of sp³-hybridized carbons (Fsp3) is 0.167. The highest BCUT2D eigenvalue weighted by Crippen LogP contribution is 2.15. The Morgan fingerprint density at radius 1 is 1.18 bits per heavy atom. The summed E-state index contributed by atoms with van der Waals surface area (Å²) < 4.78 is 14.3. The topological polar surface area (TPSA) is 37.8 Å². The monoisotopic (exact) mass is 295 g/mol. The van der Waals surface area contributed by atoms with Crippen molar-refractivity contribution in [2.75, 3.05) is 0 Å². The molecule has 0 aliphatic carbocycles. The van der Waals surface area contributed by atoms with Crippen LogP contribution in [0.3, 0.4) is 0 Å². The molecule has 1 N–H and O–H groups in total. The van der Waals surface area contributed by atoms with Crippen LogP contribution in [0.4, 0.5) is 4.39 Å². The molecule has 17 heavy (non-hydrogen) atoms. The Balaban J connectivity index is 1.92. The molecule has 3 nitrogen and oxygen atoms in total. The van der Waals surface area contributed by atoms with Gasteiger partial charge in [-0.15, -0.1) is 0 Å². The molecule has 0 amide bonds. The van der Waals surface area contributed by atoms with E-state index in [9.17, 15) is 4.39 Å². The molecule has 2 rings (SSSR count). The maximum absolute atomic E-state index is 13.4. The molecule has 0 aliphatic heterocycles. The highest BCUT2D eigenvalue weighted by atomic mass is 79.9. The SMILES string of the molecule is Fc1ccc(Br)cc1CNCc1cncnc1. The minimum atomic E-state index is -0.204. The first-order valence-electron chi connectivity index (χ1n) is 5.14. The van der Waals surface area contributed by atoms with Crippen LogP contribution in [-0.4, -0.2) is 9.97 Å². The Bertz CT molecular complexity index is 490. The molecule has 0 atom stereocenters. The van der Waals surface area contributed by atoms with E-state index in [1.165, 1.54) is 12.4 Å². The zero-order chi connectivity index (χ0) is 12.1. The van der Waals surface area contributed by atoms with Crippen LogP contribution in [0.5, 0.6) is 0 Å². The highest BCUT2D eigenvalue weighted by Gasteiger charge is 2.02. The van der Waals surface area contributed by atoms with Crippen LogP contribution >= 0.6 is 15.9 Å². The Hall–Kier alpha value is -1.33. The molecular formula is C12H11BrFN3. The van der Waals surface area contributed by atoms with Crippen LogP contribution in [0.2, 0.25) is 0 Å². The summed E-state index contributed by atoms with van der Waals surface area (Å²) in [4.78, 5) is 7.82. The third kappa shape index (κ3) is 3.57. The van der Waals surface area contributed by atoms with Gasteiger partial charge in [0.15, 0.2) is 0 Å². The standard InChI is InChI=1S/C12H11BrFN3/c13-11-1-2-12(14)10(3-11)7-15-4-9-5-16-8-17-6-9/h1-3,5-6,8,15H,4,7H2. The summed E-state index contributed by atoms with van der Waals surface area (Å²) in [6, 6.07) is 4.90. The molecule has 1 heterocycles. The summed E-state index contributed by atoms with van der Waals surface area (Å²) >= 11 is 3.32. The van der Waals surface area contributed by atoms with Gasteiger partial charge >= 0.3 is 0 Å². The molecule has 0 fully saturated rings. The van der Waals surface area contributed by atoms with E-state index in [1.54, 1.807) is 24.5 Å². The average molecular weight is 296 g/mol. The molecule has 0 aliphatic rings. The smallest absolute Gasteiger partial charge is 0.127 e. The molecule has 1 aromatic carbocycles. The van der Waals surface area contributed by atoms with Crippen molar-refractivity contribution in [3.8, 4) is 0 Å². The highest BCUT2D eigenvalue weighted by molar-refractivity contribution is 9.10. The van der Waals surface area contributed by atoms with E-state index in [2.05, 4.69) is 31.2 Å². The lowest BCUT2D eigenvalue weighted by molar-refractivity contribution is 0.587. The van der Waals surface area contributed by atoms with Crippen molar-refractivity contribution < 1.29 is 4.39 Å². The van der Waals surface area contributed by atoms with Crippen molar-refractivity contribution in [3.05, 3.63) is 58.3 Å². The lowest BCUT2D eigenvalue weighted by atomic mass is 10.2. The molecular weight excluding hydrogens is 285 g/mol. The molecule has 88 valence electrons. The van der Waals surface area contributed by atoms with Crippen LogP contribution in [-0.2, 0) is 13.1 Å². The quantitative estimate of drug-likeness (QED) is 0.942. The molecule has 2 aromatic rings. The fourth-order valence-electron chi connectivity index (χ4n) is 1.44. The van der Waals surface area contributed by atoms with Crippen molar-refractivity contribution in [2.45, 2.75) is 13.1 Å². The summed E-state index contributed by atoms with van der Waals surface area (Å²) in [5.74, 6) is -0.204. The molecule has 5 heteroatoms. The Morgan fingerprint density at radius 3 is 2.71 bits per heavy atom. The second-order valence-electron chi connectivity index (χ2n) is 3.59. The average Bonchev–Trinajstić information content (AvgIpc) is 2.35. The summed E-state index contributed by atoms with van der Waals surface area (Å²) in [5.41, 5.74) is 1.61. The van der Waals surface area contributed by atoms with E-state index in [1.807, 2.05) is 0 Å². The number of nitrogens with zero attached hydrogens (tertiary/aromatic N) is 2. The summed E-state index contributed by atoms with van der Waals surface area (Å²) in [6.07, 6.45) is 4.95. The van der Waals surface area contributed by atoms with Gasteiger partial charge in [0.05, 0.1) is 0 Å². The van der Waals surface area contributed by atoms with Crippen LogP contribution in [0.1, 0.15) is 11.1 Å². The van der Waals surface area contributed by atoms with Gasteiger partial charge in [0.2, 0.25) is 0 Å². The number of nitrogens with one attached hydrogen (secondary N) is 1. The third-order valence-corrected chi connectivity index (χ3v) is 2.76. The minimum Gasteiger partial charge on any atom is -0.308 e. The van der Waals surface area contributed by atoms with Gasteiger partial charge in [-0.2, -0.15) is 0 Å². The van der Waals surface area contributed by atoms with Gasteiger partial charge < -0.3 is 5.32 Å². The van der Waals surface area contributed by atoms with E-state index in [-0.39, 0.29) is 5.82 Å². The van der Waals surface area contributed by atoms with Crippen molar-refractivity contribution in [3.63, 3.8) is 0 Å². The van der Waals surface area contributed by atoms with Crippen molar-refractivity contribution in [2.24, 2.45) is 0 Å². The van der Waals surface area contributed by atoms with Crippen molar-refractivity contribution in [1.82, 2.24) is 15.3 Å². The largest absolute Gasteiger partial charge is 0.308 e. The van der Waals surface area contributed by atoms with Crippen LogP contribution in [0.25, 0.3) is 0 Å². The maximum Gasteiger partial charge on any atom is 0.127 e. The predicted molar refractivity (Wildman–Crippen MR) is 66.7 cm³/mol. The van der Waals surface area contributed by atoms with E-state index in [4.69, 9.17) is 0 Å². The summed E-state index contributed by atoms with van der Waals surface area (Å²) in [7, 11) is 0. The Morgan fingerprint density at radius 2 is 1.94 bits per heavy atom. The Labute approximate surface area is 107 Å². The fourth-order valence-corrected chi connectivity index (χ4v) is 1.85.